The standard InChI is InChI=1S/C19H28O/c1-4-12-10-13(5-2)17(14(6-3)11-12)19(20)18-15-8-7-9-16(15)18/h10-11,15-16,18-20H,4-9H2,1-3H3. The third-order valence-corrected chi connectivity index (χ3v) is 5.71. The number of benzene rings is 1. The van der Waals surface area contributed by atoms with Crippen molar-refractivity contribution in [2.45, 2.75) is 65.4 Å². The zero-order valence-electron chi connectivity index (χ0n) is 13.2. The Hall–Kier alpha value is -0.820. The van der Waals surface area contributed by atoms with Crippen molar-refractivity contribution in [2.24, 2.45) is 17.8 Å². The van der Waals surface area contributed by atoms with Crippen molar-refractivity contribution in [3.63, 3.8) is 0 Å². The second-order valence-electron chi connectivity index (χ2n) is 6.67. The molecule has 1 aromatic rings. The fourth-order valence-corrected chi connectivity index (χ4v) is 4.56. The SMILES string of the molecule is CCc1cc(CC)c(C(O)C2C3CCCC32)c(CC)c1. The van der Waals surface area contributed by atoms with Gasteiger partial charge in [-0.3, -0.25) is 0 Å². The van der Waals surface area contributed by atoms with Crippen molar-refractivity contribution in [1.29, 1.82) is 0 Å². The molecule has 0 spiro atoms. The highest BCUT2D eigenvalue weighted by atomic mass is 16.3. The van der Waals surface area contributed by atoms with Gasteiger partial charge >= 0.3 is 0 Å². The van der Waals surface area contributed by atoms with Gasteiger partial charge in [0, 0.05) is 0 Å². The predicted octanol–water partition coefficient (Wildman–Crippen LogP) is 4.45. The van der Waals surface area contributed by atoms with Gasteiger partial charge < -0.3 is 5.11 Å². The first kappa shape index (κ1) is 14.1. The van der Waals surface area contributed by atoms with Crippen molar-refractivity contribution >= 4 is 0 Å². The van der Waals surface area contributed by atoms with E-state index in [0.717, 1.165) is 31.1 Å². The van der Waals surface area contributed by atoms with Gasteiger partial charge in [-0.15, -0.1) is 0 Å². The van der Waals surface area contributed by atoms with Crippen molar-refractivity contribution < 1.29 is 5.11 Å². The highest BCUT2D eigenvalue weighted by Gasteiger charge is 2.56. The highest BCUT2D eigenvalue weighted by Crippen LogP contribution is 2.62. The van der Waals surface area contributed by atoms with Crippen LogP contribution in [0.3, 0.4) is 0 Å². The van der Waals surface area contributed by atoms with Gasteiger partial charge in [0.05, 0.1) is 6.10 Å². The van der Waals surface area contributed by atoms with Crippen LogP contribution < -0.4 is 0 Å². The van der Waals surface area contributed by atoms with Crippen molar-refractivity contribution in [3.8, 4) is 0 Å². The summed E-state index contributed by atoms with van der Waals surface area (Å²) in [5, 5.41) is 11.0. The van der Waals surface area contributed by atoms with Crippen LogP contribution in [0.15, 0.2) is 12.1 Å². The maximum Gasteiger partial charge on any atom is 0.0829 e. The lowest BCUT2D eigenvalue weighted by Gasteiger charge is -2.21. The molecule has 1 N–H and O–H groups in total. The van der Waals surface area contributed by atoms with Gasteiger partial charge in [-0.05, 0) is 72.1 Å². The number of aliphatic hydroxyl groups excluding tert-OH is 1. The monoisotopic (exact) mass is 272 g/mol. The molecule has 2 saturated carbocycles. The molecule has 0 saturated heterocycles. The molecule has 0 aromatic heterocycles. The van der Waals surface area contributed by atoms with E-state index < -0.39 is 0 Å². The molecule has 2 fully saturated rings. The summed E-state index contributed by atoms with van der Waals surface area (Å²) >= 11 is 0. The van der Waals surface area contributed by atoms with Crippen LogP contribution in [0.1, 0.15) is 68.4 Å². The molecule has 110 valence electrons. The number of aliphatic hydroxyl groups is 1. The highest BCUT2D eigenvalue weighted by molar-refractivity contribution is 5.42. The van der Waals surface area contributed by atoms with Crippen LogP contribution in [-0.2, 0) is 19.3 Å². The molecular formula is C19H28O. The Morgan fingerprint density at radius 3 is 2.00 bits per heavy atom. The third kappa shape index (κ3) is 2.20. The van der Waals surface area contributed by atoms with E-state index in [9.17, 15) is 5.11 Å². The Balaban J connectivity index is 1.94. The summed E-state index contributed by atoms with van der Waals surface area (Å²) in [5.74, 6) is 2.21. The van der Waals surface area contributed by atoms with Gasteiger partial charge in [0.15, 0.2) is 0 Å². The molecule has 1 nitrogen and oxygen atoms in total. The molecule has 20 heavy (non-hydrogen) atoms. The summed E-state index contributed by atoms with van der Waals surface area (Å²) in [4.78, 5) is 0. The van der Waals surface area contributed by atoms with Gasteiger partial charge in [0.1, 0.15) is 0 Å². The fraction of sp³-hybridized carbons (Fsp3) is 0.684. The molecule has 0 bridgehead atoms. The molecule has 2 aliphatic rings. The van der Waals surface area contributed by atoms with E-state index in [0.29, 0.717) is 5.92 Å². The molecule has 0 aliphatic heterocycles. The molecule has 1 aromatic carbocycles. The lowest BCUT2D eigenvalue weighted by Crippen LogP contribution is -2.11. The van der Waals surface area contributed by atoms with E-state index in [1.807, 2.05) is 0 Å². The summed E-state index contributed by atoms with van der Waals surface area (Å²) in [5.41, 5.74) is 5.48. The van der Waals surface area contributed by atoms with Crippen LogP contribution >= 0.6 is 0 Å². The molecule has 3 atom stereocenters. The van der Waals surface area contributed by atoms with E-state index in [-0.39, 0.29) is 6.10 Å². The van der Waals surface area contributed by atoms with Crippen LogP contribution in [0, 0.1) is 17.8 Å². The minimum absolute atomic E-state index is 0.207. The Morgan fingerprint density at radius 2 is 1.55 bits per heavy atom. The first-order valence-electron chi connectivity index (χ1n) is 8.53. The Kier molecular flexibility index (Phi) is 3.90. The third-order valence-electron chi connectivity index (χ3n) is 5.71. The van der Waals surface area contributed by atoms with Gasteiger partial charge in [-0.2, -0.15) is 0 Å². The molecule has 3 rings (SSSR count). The van der Waals surface area contributed by atoms with Crippen LogP contribution in [-0.4, -0.2) is 5.11 Å². The van der Waals surface area contributed by atoms with E-state index in [1.165, 1.54) is 41.5 Å². The van der Waals surface area contributed by atoms with Crippen molar-refractivity contribution in [1.82, 2.24) is 0 Å². The molecule has 2 aliphatic carbocycles. The number of hydrogen-bond acceptors (Lipinski definition) is 1. The number of fused-ring (bicyclic) bond motifs is 1. The molecule has 0 amide bonds. The van der Waals surface area contributed by atoms with Crippen LogP contribution in [0.5, 0.6) is 0 Å². The topological polar surface area (TPSA) is 20.2 Å². The quantitative estimate of drug-likeness (QED) is 0.839. The average molecular weight is 272 g/mol. The van der Waals surface area contributed by atoms with Gasteiger partial charge in [0.25, 0.3) is 0 Å². The smallest absolute Gasteiger partial charge is 0.0829 e. The number of aryl methyl sites for hydroxylation is 3. The first-order valence-corrected chi connectivity index (χ1v) is 8.53. The molecule has 3 unspecified atom stereocenters. The predicted molar refractivity (Wildman–Crippen MR) is 83.9 cm³/mol. The van der Waals surface area contributed by atoms with Crippen LogP contribution in [0.2, 0.25) is 0 Å². The van der Waals surface area contributed by atoms with Crippen molar-refractivity contribution in [3.05, 3.63) is 34.4 Å². The minimum Gasteiger partial charge on any atom is -0.388 e. The van der Waals surface area contributed by atoms with E-state index >= 15 is 0 Å². The summed E-state index contributed by atoms with van der Waals surface area (Å²) in [7, 11) is 0. The maximum atomic E-state index is 11.0. The van der Waals surface area contributed by atoms with E-state index in [2.05, 4.69) is 32.9 Å². The second-order valence-corrected chi connectivity index (χ2v) is 6.67. The Morgan fingerprint density at radius 1 is 1.00 bits per heavy atom. The van der Waals surface area contributed by atoms with Crippen LogP contribution in [0.25, 0.3) is 0 Å². The van der Waals surface area contributed by atoms with Gasteiger partial charge in [0.2, 0.25) is 0 Å². The van der Waals surface area contributed by atoms with E-state index in [1.54, 1.807) is 0 Å². The number of hydrogen-bond donors (Lipinski definition) is 1. The zero-order chi connectivity index (χ0) is 14.3. The molecule has 1 heteroatoms. The van der Waals surface area contributed by atoms with Gasteiger partial charge in [-0.1, -0.05) is 39.3 Å². The van der Waals surface area contributed by atoms with Gasteiger partial charge in [-0.25, -0.2) is 0 Å². The molecular weight excluding hydrogens is 244 g/mol. The molecule has 0 radical (unpaired) electrons. The average Bonchev–Trinajstić information content (AvgIpc) is 2.97. The summed E-state index contributed by atoms with van der Waals surface area (Å²) in [6, 6.07) is 4.66. The lowest BCUT2D eigenvalue weighted by atomic mass is 9.87. The maximum absolute atomic E-state index is 11.0. The van der Waals surface area contributed by atoms with Crippen LogP contribution in [0.4, 0.5) is 0 Å². The second kappa shape index (κ2) is 5.52. The largest absolute Gasteiger partial charge is 0.388 e. The number of rotatable bonds is 5. The summed E-state index contributed by atoms with van der Waals surface area (Å²) in [6.07, 6.45) is 7.04. The summed E-state index contributed by atoms with van der Waals surface area (Å²) in [6.45, 7) is 6.66. The minimum atomic E-state index is -0.207. The Bertz CT molecular complexity index is 456. The Labute approximate surface area is 123 Å². The van der Waals surface area contributed by atoms with Crippen molar-refractivity contribution in [2.75, 3.05) is 0 Å². The summed E-state index contributed by atoms with van der Waals surface area (Å²) < 4.78 is 0. The first-order chi connectivity index (χ1) is 9.71. The lowest BCUT2D eigenvalue weighted by molar-refractivity contribution is 0.135. The zero-order valence-corrected chi connectivity index (χ0v) is 13.2. The molecule has 0 heterocycles. The normalized spacial score (nSPS) is 29.3. The van der Waals surface area contributed by atoms with E-state index in [4.69, 9.17) is 0 Å². The fourth-order valence-electron chi connectivity index (χ4n) is 4.56.